The summed E-state index contributed by atoms with van der Waals surface area (Å²) in [5.74, 6) is 1.30. The highest BCUT2D eigenvalue weighted by atomic mass is 79.9. The molecule has 1 fully saturated rings. The Morgan fingerprint density at radius 2 is 2.00 bits per heavy atom. The van der Waals surface area contributed by atoms with Crippen LogP contribution in [0.25, 0.3) is 0 Å². The maximum absolute atomic E-state index is 13.1. The van der Waals surface area contributed by atoms with Crippen molar-refractivity contribution in [1.82, 2.24) is 5.32 Å². The van der Waals surface area contributed by atoms with Gasteiger partial charge in [0.05, 0.1) is 17.8 Å². The summed E-state index contributed by atoms with van der Waals surface area (Å²) < 4.78 is 12.6. The molecule has 1 N–H and O–H groups in total. The van der Waals surface area contributed by atoms with E-state index in [2.05, 4.69) is 21.2 Å². The number of fused-ring (bicyclic) bond motifs is 5. The molecule has 2 aliphatic rings. The molecule has 158 valence electrons. The van der Waals surface area contributed by atoms with Gasteiger partial charge in [-0.2, -0.15) is 0 Å². The fourth-order valence-electron chi connectivity index (χ4n) is 4.18. The fraction of sp³-hybridized carbons (Fsp3) is 0.391. The van der Waals surface area contributed by atoms with Crippen molar-refractivity contribution in [2.75, 3.05) is 4.90 Å². The van der Waals surface area contributed by atoms with Gasteiger partial charge >= 0.3 is 6.09 Å². The first kappa shape index (κ1) is 20.7. The standard InChI is InChI=1S/C23H25BrN2O4/c1-3-15(4-2)29-23(28)25-17-10-12-21(27)26-18-13-14(24)9-11-20(18)30-19-8-6-5-7-16(19)22(17)26/h5-9,11,13,15,17,22H,3-4,10,12H2,1-2H3,(H,25,28)/t17-,22+/m1/s1. The number of hydrogen-bond donors (Lipinski definition) is 1. The predicted molar refractivity (Wildman–Crippen MR) is 118 cm³/mol. The minimum absolute atomic E-state index is 0.00561. The van der Waals surface area contributed by atoms with Crippen LogP contribution in [0.5, 0.6) is 11.5 Å². The molecule has 2 heterocycles. The van der Waals surface area contributed by atoms with Crippen molar-refractivity contribution in [2.45, 2.75) is 57.7 Å². The molecule has 0 aliphatic carbocycles. The molecule has 0 bridgehead atoms. The average molecular weight is 473 g/mol. The van der Waals surface area contributed by atoms with E-state index in [1.807, 2.05) is 56.3 Å². The quantitative estimate of drug-likeness (QED) is 0.618. The van der Waals surface area contributed by atoms with Crippen molar-refractivity contribution in [3.63, 3.8) is 0 Å². The number of nitrogens with zero attached hydrogens (tertiary/aromatic N) is 1. The third-order valence-electron chi connectivity index (χ3n) is 5.72. The topological polar surface area (TPSA) is 67.9 Å². The molecule has 0 unspecified atom stereocenters. The van der Waals surface area contributed by atoms with E-state index in [-0.39, 0.29) is 24.1 Å². The smallest absolute Gasteiger partial charge is 0.407 e. The van der Waals surface area contributed by atoms with Crippen LogP contribution in [0.2, 0.25) is 0 Å². The van der Waals surface area contributed by atoms with Crippen LogP contribution in [0.3, 0.4) is 0 Å². The molecule has 0 saturated carbocycles. The minimum atomic E-state index is -0.444. The van der Waals surface area contributed by atoms with E-state index in [9.17, 15) is 9.59 Å². The van der Waals surface area contributed by atoms with Crippen LogP contribution in [0, 0.1) is 0 Å². The zero-order valence-electron chi connectivity index (χ0n) is 17.1. The van der Waals surface area contributed by atoms with Crippen LogP contribution in [0.1, 0.15) is 51.1 Å². The number of rotatable bonds is 4. The number of ether oxygens (including phenoxy) is 2. The van der Waals surface area contributed by atoms with E-state index < -0.39 is 6.09 Å². The third-order valence-corrected chi connectivity index (χ3v) is 6.22. The molecule has 2 aromatic rings. The van der Waals surface area contributed by atoms with Crippen molar-refractivity contribution >= 4 is 33.6 Å². The number of nitrogens with one attached hydrogen (secondary N) is 1. The van der Waals surface area contributed by atoms with Crippen LogP contribution < -0.4 is 15.0 Å². The van der Waals surface area contributed by atoms with Crippen molar-refractivity contribution in [3.8, 4) is 11.5 Å². The SMILES string of the molecule is CCC(CC)OC(=O)N[C@@H]1CCC(=O)N2c3cc(Br)ccc3Oc3ccccc3[C@@H]12. The van der Waals surface area contributed by atoms with Crippen LogP contribution in [0.4, 0.5) is 10.5 Å². The Labute approximate surface area is 184 Å². The Hall–Kier alpha value is -2.54. The Balaban J connectivity index is 1.74. The van der Waals surface area contributed by atoms with Gasteiger partial charge in [0.25, 0.3) is 0 Å². The Kier molecular flexibility index (Phi) is 5.99. The van der Waals surface area contributed by atoms with E-state index in [0.29, 0.717) is 30.0 Å². The summed E-state index contributed by atoms with van der Waals surface area (Å²) >= 11 is 3.50. The van der Waals surface area contributed by atoms with Gasteiger partial charge in [-0.1, -0.05) is 48.0 Å². The van der Waals surface area contributed by atoms with E-state index >= 15 is 0 Å². The highest BCUT2D eigenvalue weighted by molar-refractivity contribution is 9.10. The molecule has 0 spiro atoms. The second-order valence-electron chi connectivity index (χ2n) is 7.59. The zero-order chi connectivity index (χ0) is 21.3. The lowest BCUT2D eigenvalue weighted by Gasteiger charge is -2.40. The molecule has 1 saturated heterocycles. The highest BCUT2D eigenvalue weighted by Gasteiger charge is 2.43. The number of carbonyl (C=O) groups is 2. The number of hydrogen-bond acceptors (Lipinski definition) is 4. The van der Waals surface area contributed by atoms with Gasteiger partial charge in [0.1, 0.15) is 11.9 Å². The van der Waals surface area contributed by atoms with E-state index in [1.165, 1.54) is 0 Å². The number of benzene rings is 2. The third kappa shape index (κ3) is 3.90. The van der Waals surface area contributed by atoms with Gasteiger partial charge in [-0.05, 0) is 43.5 Å². The fourth-order valence-corrected chi connectivity index (χ4v) is 4.53. The summed E-state index contributed by atoms with van der Waals surface area (Å²) in [6.07, 6.45) is 1.84. The summed E-state index contributed by atoms with van der Waals surface area (Å²) in [6, 6.07) is 12.6. The van der Waals surface area contributed by atoms with Gasteiger partial charge in [-0.25, -0.2) is 4.79 Å². The van der Waals surface area contributed by atoms with Crippen LogP contribution >= 0.6 is 15.9 Å². The number of amides is 2. The largest absolute Gasteiger partial charge is 0.455 e. The number of alkyl carbamates (subject to hydrolysis) is 1. The van der Waals surface area contributed by atoms with Crippen LogP contribution in [0.15, 0.2) is 46.9 Å². The summed E-state index contributed by atoms with van der Waals surface area (Å²) in [7, 11) is 0. The van der Waals surface area contributed by atoms with E-state index in [1.54, 1.807) is 4.90 Å². The number of anilines is 1. The maximum atomic E-state index is 13.1. The lowest BCUT2D eigenvalue weighted by Crippen LogP contribution is -2.52. The van der Waals surface area contributed by atoms with Crippen LogP contribution in [-0.2, 0) is 9.53 Å². The number of carbonyl (C=O) groups excluding carboxylic acids is 2. The van der Waals surface area contributed by atoms with Gasteiger partial charge in [-0.3, -0.25) is 9.69 Å². The molecule has 2 aliphatic heterocycles. The molecule has 0 aromatic heterocycles. The lowest BCUT2D eigenvalue weighted by molar-refractivity contribution is -0.120. The summed E-state index contributed by atoms with van der Waals surface area (Å²) in [5, 5.41) is 3.03. The second kappa shape index (κ2) is 8.68. The monoisotopic (exact) mass is 472 g/mol. The molecule has 2 atom stereocenters. The van der Waals surface area contributed by atoms with Gasteiger partial charge in [0.2, 0.25) is 5.91 Å². The van der Waals surface area contributed by atoms with E-state index in [0.717, 1.165) is 22.9 Å². The molecular formula is C23H25BrN2O4. The van der Waals surface area contributed by atoms with Crippen molar-refractivity contribution in [3.05, 3.63) is 52.5 Å². The predicted octanol–water partition coefficient (Wildman–Crippen LogP) is 5.71. The number of halogens is 1. The molecule has 2 amide bonds. The minimum Gasteiger partial charge on any atom is -0.455 e. The summed E-state index contributed by atoms with van der Waals surface area (Å²) in [5.41, 5.74) is 1.56. The number of piperidine rings is 1. The van der Waals surface area contributed by atoms with Crippen molar-refractivity contribution in [2.24, 2.45) is 0 Å². The lowest BCUT2D eigenvalue weighted by atomic mass is 9.89. The van der Waals surface area contributed by atoms with Crippen molar-refractivity contribution in [1.29, 1.82) is 0 Å². The van der Waals surface area contributed by atoms with Gasteiger partial charge in [-0.15, -0.1) is 0 Å². The molecule has 2 aromatic carbocycles. The second-order valence-corrected chi connectivity index (χ2v) is 8.51. The summed E-state index contributed by atoms with van der Waals surface area (Å²) in [6.45, 7) is 3.99. The van der Waals surface area contributed by atoms with Gasteiger partial charge in [0.15, 0.2) is 5.75 Å². The van der Waals surface area contributed by atoms with E-state index in [4.69, 9.17) is 9.47 Å². The number of para-hydroxylation sites is 1. The molecule has 0 radical (unpaired) electrons. The first-order valence-corrected chi connectivity index (χ1v) is 11.2. The molecule has 7 heteroatoms. The highest BCUT2D eigenvalue weighted by Crippen LogP contribution is 2.48. The molecule has 6 nitrogen and oxygen atoms in total. The normalized spacial score (nSPS) is 19.9. The van der Waals surface area contributed by atoms with Crippen LogP contribution in [-0.4, -0.2) is 24.1 Å². The molecular weight excluding hydrogens is 448 g/mol. The first-order chi connectivity index (χ1) is 14.5. The molecule has 30 heavy (non-hydrogen) atoms. The maximum Gasteiger partial charge on any atom is 0.407 e. The Bertz CT molecular complexity index is 960. The first-order valence-electron chi connectivity index (χ1n) is 10.4. The average Bonchev–Trinajstić information content (AvgIpc) is 2.89. The van der Waals surface area contributed by atoms with Crippen molar-refractivity contribution < 1.29 is 19.1 Å². The zero-order valence-corrected chi connectivity index (χ0v) is 18.6. The summed E-state index contributed by atoms with van der Waals surface area (Å²) in [4.78, 5) is 27.5. The van der Waals surface area contributed by atoms with Gasteiger partial charge in [0, 0.05) is 16.5 Å². The Morgan fingerprint density at radius 1 is 1.23 bits per heavy atom. The van der Waals surface area contributed by atoms with Gasteiger partial charge < -0.3 is 14.8 Å². The Morgan fingerprint density at radius 3 is 2.77 bits per heavy atom. The molecule has 4 rings (SSSR count).